The first-order valence-electron chi connectivity index (χ1n) is 10.8. The molecule has 2 aromatic carbocycles. The first kappa shape index (κ1) is 23.1. The number of amides is 1. The number of hydrogen-bond acceptors (Lipinski definition) is 7. The van der Waals surface area contributed by atoms with E-state index in [2.05, 4.69) is 5.32 Å². The molecule has 0 atom stereocenters. The van der Waals surface area contributed by atoms with Crippen LogP contribution in [-0.2, 0) is 19.6 Å². The molecule has 0 saturated carbocycles. The Balaban J connectivity index is 1.38. The number of sulfonamides is 1. The van der Waals surface area contributed by atoms with E-state index >= 15 is 0 Å². The lowest BCUT2D eigenvalue weighted by atomic mass is 10.2. The number of fused-ring (bicyclic) bond motifs is 1. The van der Waals surface area contributed by atoms with Crippen molar-refractivity contribution in [3.05, 3.63) is 47.5 Å². The van der Waals surface area contributed by atoms with Crippen molar-refractivity contribution in [1.29, 1.82) is 0 Å². The Morgan fingerprint density at radius 3 is 2.48 bits per heavy atom. The summed E-state index contributed by atoms with van der Waals surface area (Å²) >= 11 is 0. The Morgan fingerprint density at radius 1 is 1.00 bits per heavy atom. The molecular weight excluding hydrogens is 448 g/mol. The van der Waals surface area contributed by atoms with Crippen LogP contribution in [0.5, 0.6) is 11.5 Å². The molecule has 9 nitrogen and oxygen atoms in total. The van der Waals surface area contributed by atoms with E-state index in [1.807, 2.05) is 0 Å². The molecule has 4 rings (SSSR count). The Hall–Kier alpha value is -3.11. The maximum Gasteiger partial charge on any atom is 0.338 e. The van der Waals surface area contributed by atoms with Crippen LogP contribution in [0.1, 0.15) is 35.2 Å². The molecular formula is C23H26N2O7S. The predicted molar refractivity (Wildman–Crippen MR) is 120 cm³/mol. The summed E-state index contributed by atoms with van der Waals surface area (Å²) < 4.78 is 43.5. The number of aryl methyl sites for hydroxylation is 1. The lowest BCUT2D eigenvalue weighted by Crippen LogP contribution is -2.36. The molecule has 0 bridgehead atoms. The van der Waals surface area contributed by atoms with Gasteiger partial charge in [-0.15, -0.1) is 0 Å². The van der Waals surface area contributed by atoms with Gasteiger partial charge < -0.3 is 19.5 Å². The van der Waals surface area contributed by atoms with E-state index in [9.17, 15) is 18.0 Å². The van der Waals surface area contributed by atoms with Crippen LogP contribution in [0.3, 0.4) is 0 Å². The number of nitrogens with one attached hydrogen (secondary N) is 1. The van der Waals surface area contributed by atoms with Gasteiger partial charge in [-0.25, -0.2) is 13.2 Å². The van der Waals surface area contributed by atoms with Crippen LogP contribution in [0, 0.1) is 6.92 Å². The van der Waals surface area contributed by atoms with E-state index in [1.54, 1.807) is 25.1 Å². The fourth-order valence-electron chi connectivity index (χ4n) is 3.78. The molecule has 1 saturated heterocycles. The molecule has 0 radical (unpaired) electrons. The van der Waals surface area contributed by atoms with Gasteiger partial charge in [0.1, 0.15) is 13.2 Å². The Morgan fingerprint density at radius 2 is 1.73 bits per heavy atom. The van der Waals surface area contributed by atoms with E-state index in [4.69, 9.17) is 14.2 Å². The second kappa shape index (κ2) is 9.80. The van der Waals surface area contributed by atoms with Crippen molar-refractivity contribution in [2.24, 2.45) is 0 Å². The maximum absolute atomic E-state index is 13.0. The molecule has 2 aliphatic rings. The van der Waals surface area contributed by atoms with Gasteiger partial charge in [-0.05, 0) is 55.7 Å². The zero-order chi connectivity index (χ0) is 23.4. The average Bonchev–Trinajstić information content (AvgIpc) is 2.84. The second-order valence-electron chi connectivity index (χ2n) is 7.93. The summed E-state index contributed by atoms with van der Waals surface area (Å²) in [6.07, 6.45) is 2.69. The summed E-state index contributed by atoms with van der Waals surface area (Å²) in [7, 11) is -3.65. The molecule has 0 spiro atoms. The number of anilines is 1. The summed E-state index contributed by atoms with van der Waals surface area (Å²) in [4.78, 5) is 24.8. The molecule has 10 heteroatoms. The molecule has 1 amide bonds. The van der Waals surface area contributed by atoms with Crippen molar-refractivity contribution in [2.45, 2.75) is 31.1 Å². The largest absolute Gasteiger partial charge is 0.486 e. The fraction of sp³-hybridized carbons (Fsp3) is 0.391. The van der Waals surface area contributed by atoms with E-state index in [0.717, 1.165) is 19.3 Å². The number of nitrogens with zero attached hydrogens (tertiary/aromatic N) is 1. The van der Waals surface area contributed by atoms with Gasteiger partial charge in [0.25, 0.3) is 5.91 Å². The standard InChI is InChI=1S/C23H26N2O7S/c1-16-5-7-18(14-21(16)33(28,29)25-9-3-2-4-10-25)24-22(26)15-32-23(27)17-6-8-19-20(13-17)31-12-11-30-19/h5-8,13-14H,2-4,9-12,15H2,1H3,(H,24,26). The minimum Gasteiger partial charge on any atom is -0.486 e. The lowest BCUT2D eigenvalue weighted by molar-refractivity contribution is -0.119. The van der Waals surface area contributed by atoms with Crippen molar-refractivity contribution in [2.75, 3.05) is 38.2 Å². The van der Waals surface area contributed by atoms with Crippen molar-refractivity contribution in [3.63, 3.8) is 0 Å². The average molecular weight is 475 g/mol. The van der Waals surface area contributed by atoms with Crippen molar-refractivity contribution < 1.29 is 32.2 Å². The second-order valence-corrected chi connectivity index (χ2v) is 9.83. The molecule has 0 aromatic heterocycles. The van der Waals surface area contributed by atoms with Gasteiger partial charge in [-0.2, -0.15) is 4.31 Å². The monoisotopic (exact) mass is 474 g/mol. The van der Waals surface area contributed by atoms with Gasteiger partial charge in [0.15, 0.2) is 18.1 Å². The van der Waals surface area contributed by atoms with Gasteiger partial charge in [0.2, 0.25) is 10.0 Å². The summed E-state index contributed by atoms with van der Waals surface area (Å²) in [6, 6.07) is 9.36. The number of piperidine rings is 1. The number of esters is 1. The van der Waals surface area contributed by atoms with Crippen LogP contribution < -0.4 is 14.8 Å². The van der Waals surface area contributed by atoms with E-state index in [1.165, 1.54) is 22.5 Å². The van der Waals surface area contributed by atoms with Gasteiger partial charge in [-0.3, -0.25) is 4.79 Å². The molecule has 0 aliphatic carbocycles. The highest BCUT2D eigenvalue weighted by Crippen LogP contribution is 2.31. The zero-order valence-electron chi connectivity index (χ0n) is 18.3. The van der Waals surface area contributed by atoms with Gasteiger partial charge in [0.05, 0.1) is 10.5 Å². The summed E-state index contributed by atoms with van der Waals surface area (Å²) in [5.74, 6) is -0.266. The SMILES string of the molecule is Cc1ccc(NC(=O)COC(=O)c2ccc3c(c2)OCCO3)cc1S(=O)(=O)N1CCCCC1. The number of carbonyl (C=O) groups excluding carboxylic acids is 2. The third kappa shape index (κ3) is 5.28. The molecule has 1 N–H and O–H groups in total. The summed E-state index contributed by atoms with van der Waals surface area (Å²) in [6.45, 7) is 3.02. The van der Waals surface area contributed by atoms with Gasteiger partial charge in [-0.1, -0.05) is 12.5 Å². The van der Waals surface area contributed by atoms with Crippen molar-refractivity contribution >= 4 is 27.6 Å². The van der Waals surface area contributed by atoms with Crippen LogP contribution in [-0.4, -0.2) is 57.5 Å². The molecule has 176 valence electrons. The topological polar surface area (TPSA) is 111 Å². The van der Waals surface area contributed by atoms with E-state index in [-0.39, 0.29) is 10.5 Å². The van der Waals surface area contributed by atoms with Crippen LogP contribution in [0.25, 0.3) is 0 Å². The molecule has 1 fully saturated rings. The predicted octanol–water partition coefficient (Wildman–Crippen LogP) is 2.74. The Labute approximate surface area is 192 Å². The Bertz CT molecular complexity index is 1160. The first-order valence-corrected chi connectivity index (χ1v) is 12.3. The quantitative estimate of drug-likeness (QED) is 0.641. The minimum absolute atomic E-state index is 0.162. The van der Waals surface area contributed by atoms with E-state index < -0.39 is 28.5 Å². The number of rotatable bonds is 6. The minimum atomic E-state index is -3.65. The Kier molecular flexibility index (Phi) is 6.85. The van der Waals surface area contributed by atoms with Crippen LogP contribution >= 0.6 is 0 Å². The number of carbonyl (C=O) groups is 2. The fourth-order valence-corrected chi connectivity index (χ4v) is 5.55. The normalized spacial score (nSPS) is 16.2. The highest BCUT2D eigenvalue weighted by molar-refractivity contribution is 7.89. The van der Waals surface area contributed by atoms with Gasteiger partial charge >= 0.3 is 5.97 Å². The highest BCUT2D eigenvalue weighted by atomic mass is 32.2. The van der Waals surface area contributed by atoms with E-state index in [0.29, 0.717) is 49.1 Å². The third-order valence-corrected chi connectivity index (χ3v) is 7.56. The highest BCUT2D eigenvalue weighted by Gasteiger charge is 2.27. The van der Waals surface area contributed by atoms with Crippen LogP contribution in [0.15, 0.2) is 41.3 Å². The molecule has 2 aliphatic heterocycles. The van der Waals surface area contributed by atoms with Crippen LogP contribution in [0.4, 0.5) is 5.69 Å². The van der Waals surface area contributed by atoms with Crippen molar-refractivity contribution in [3.8, 4) is 11.5 Å². The van der Waals surface area contributed by atoms with Crippen molar-refractivity contribution in [1.82, 2.24) is 4.31 Å². The summed E-state index contributed by atoms with van der Waals surface area (Å²) in [5.41, 5.74) is 1.15. The summed E-state index contributed by atoms with van der Waals surface area (Å²) in [5, 5.41) is 2.60. The smallest absolute Gasteiger partial charge is 0.338 e. The lowest BCUT2D eigenvalue weighted by Gasteiger charge is -2.26. The molecule has 2 aromatic rings. The van der Waals surface area contributed by atoms with Gasteiger partial charge in [0, 0.05) is 18.8 Å². The maximum atomic E-state index is 13.0. The number of benzene rings is 2. The van der Waals surface area contributed by atoms with Crippen LogP contribution in [0.2, 0.25) is 0 Å². The zero-order valence-corrected chi connectivity index (χ0v) is 19.2. The molecule has 0 unspecified atom stereocenters. The first-order chi connectivity index (χ1) is 15.8. The number of ether oxygens (including phenoxy) is 3. The number of hydrogen-bond donors (Lipinski definition) is 1. The molecule has 33 heavy (non-hydrogen) atoms. The molecule has 2 heterocycles. The third-order valence-electron chi connectivity index (χ3n) is 5.52.